The van der Waals surface area contributed by atoms with Gasteiger partial charge in [-0.15, -0.1) is 0 Å². The van der Waals surface area contributed by atoms with Gasteiger partial charge in [0.15, 0.2) is 0 Å². The molecule has 0 aliphatic carbocycles. The number of benzene rings is 1. The highest BCUT2D eigenvalue weighted by molar-refractivity contribution is 6.31. The van der Waals surface area contributed by atoms with Gasteiger partial charge in [0.1, 0.15) is 17.0 Å². The van der Waals surface area contributed by atoms with Crippen LogP contribution in [0.15, 0.2) is 60.8 Å². The third-order valence-corrected chi connectivity index (χ3v) is 8.42. The molecule has 11 nitrogen and oxygen atoms in total. The van der Waals surface area contributed by atoms with Crippen LogP contribution in [0.2, 0.25) is 5.02 Å². The lowest BCUT2D eigenvalue weighted by Gasteiger charge is -2.46. The number of β-amino-alcohol motifs (C(OH)–C–C–N with tert-alkyl or cyclic N) is 1. The summed E-state index contributed by atoms with van der Waals surface area (Å²) in [5.74, 6) is 0.533. The second-order valence-corrected chi connectivity index (χ2v) is 13.8. The summed E-state index contributed by atoms with van der Waals surface area (Å²) in [5.41, 5.74) is 1.54. The topological polar surface area (TPSA) is 130 Å². The van der Waals surface area contributed by atoms with Crippen molar-refractivity contribution in [3.63, 3.8) is 0 Å². The number of anilines is 1. The molecule has 0 spiro atoms. The lowest BCUT2D eigenvalue weighted by Crippen LogP contribution is -2.62. The first kappa shape index (κ1) is 32.6. The van der Waals surface area contributed by atoms with E-state index >= 15 is 0 Å². The summed E-state index contributed by atoms with van der Waals surface area (Å²) >= 11 is 6.42. The van der Waals surface area contributed by atoms with Crippen LogP contribution in [0.4, 0.5) is 10.6 Å². The number of carbonyl (C=O) groups excluding carboxylic acids is 2. The molecule has 2 amide bonds. The molecule has 0 bridgehead atoms. The van der Waals surface area contributed by atoms with E-state index < -0.39 is 17.3 Å². The number of halogens is 1. The van der Waals surface area contributed by atoms with Gasteiger partial charge in [0.2, 0.25) is 0 Å². The first-order chi connectivity index (χ1) is 22.3. The Labute approximate surface area is 278 Å². The summed E-state index contributed by atoms with van der Waals surface area (Å²) in [7, 11) is 0. The number of morpholine rings is 1. The van der Waals surface area contributed by atoms with Gasteiger partial charge in [0.25, 0.3) is 5.91 Å². The average Bonchev–Trinajstić information content (AvgIpc) is 3.00. The Kier molecular flexibility index (Phi) is 8.82. The maximum absolute atomic E-state index is 13.2. The second-order valence-electron chi connectivity index (χ2n) is 13.4. The zero-order chi connectivity index (χ0) is 33.5. The number of fused-ring (bicyclic) bond motifs is 1. The number of aliphatic hydroxyl groups is 1. The van der Waals surface area contributed by atoms with Crippen LogP contribution in [0.1, 0.15) is 56.2 Å². The van der Waals surface area contributed by atoms with Gasteiger partial charge in [0.05, 0.1) is 54.4 Å². The fourth-order valence-electron chi connectivity index (χ4n) is 5.91. The highest BCUT2D eigenvalue weighted by atomic mass is 35.5. The normalized spacial score (nSPS) is 19.3. The first-order valence-electron chi connectivity index (χ1n) is 15.7. The summed E-state index contributed by atoms with van der Waals surface area (Å²) in [5, 5.41) is 15.3. The van der Waals surface area contributed by atoms with Crippen molar-refractivity contribution in [3.8, 4) is 11.4 Å². The molecule has 5 heterocycles. The molecule has 2 N–H and O–H groups in total. The molecule has 2 aliphatic heterocycles. The number of aromatic nitrogens is 3. The number of hydrogen-bond donors (Lipinski definition) is 2. The van der Waals surface area contributed by atoms with Crippen LogP contribution in [0, 0.1) is 0 Å². The highest BCUT2D eigenvalue weighted by Crippen LogP contribution is 2.37. The van der Waals surface area contributed by atoms with Crippen LogP contribution in [0.5, 0.6) is 0 Å². The van der Waals surface area contributed by atoms with Crippen LogP contribution in [0.25, 0.3) is 22.3 Å². The van der Waals surface area contributed by atoms with Gasteiger partial charge in [-0.25, -0.2) is 14.8 Å². The first-order valence-corrected chi connectivity index (χ1v) is 16.1. The number of nitrogens with one attached hydrogen (secondary N) is 1. The lowest BCUT2D eigenvalue weighted by molar-refractivity contribution is -0.103. The fraction of sp³-hybridized carbons (Fsp3) is 0.400. The van der Waals surface area contributed by atoms with Crippen molar-refractivity contribution in [2.24, 2.45) is 0 Å². The molecule has 2 atom stereocenters. The number of pyridine rings is 3. The van der Waals surface area contributed by atoms with E-state index in [1.165, 1.54) is 4.90 Å². The number of nitrogens with zero attached hydrogens (tertiary/aromatic N) is 5. The zero-order valence-electron chi connectivity index (χ0n) is 27.2. The Balaban J connectivity index is 1.13. The summed E-state index contributed by atoms with van der Waals surface area (Å²) in [6, 6.07) is 16.4. The molecule has 2 saturated heterocycles. The summed E-state index contributed by atoms with van der Waals surface area (Å²) in [4.78, 5) is 43.5. The minimum Gasteiger partial charge on any atom is -0.444 e. The summed E-state index contributed by atoms with van der Waals surface area (Å²) in [6.07, 6.45) is 1.47. The molecule has 47 heavy (non-hydrogen) atoms. The van der Waals surface area contributed by atoms with Gasteiger partial charge in [-0.05, 0) is 83.1 Å². The van der Waals surface area contributed by atoms with E-state index in [1.54, 1.807) is 45.2 Å². The van der Waals surface area contributed by atoms with Crippen molar-refractivity contribution >= 4 is 40.3 Å². The summed E-state index contributed by atoms with van der Waals surface area (Å²) < 4.78 is 11.3. The van der Waals surface area contributed by atoms with Crippen molar-refractivity contribution in [1.29, 1.82) is 0 Å². The van der Waals surface area contributed by atoms with Gasteiger partial charge in [-0.3, -0.25) is 9.78 Å². The van der Waals surface area contributed by atoms with E-state index in [9.17, 15) is 14.7 Å². The monoisotopic (exact) mass is 658 g/mol. The van der Waals surface area contributed by atoms with Crippen LogP contribution in [0.3, 0.4) is 0 Å². The number of hydrogen-bond acceptors (Lipinski definition) is 9. The quantitative estimate of drug-likeness (QED) is 0.282. The smallest absolute Gasteiger partial charge is 0.410 e. The Morgan fingerprint density at radius 1 is 1.04 bits per heavy atom. The Morgan fingerprint density at radius 3 is 2.49 bits per heavy atom. The van der Waals surface area contributed by atoms with Crippen LogP contribution in [-0.4, -0.2) is 80.9 Å². The lowest BCUT2D eigenvalue weighted by atomic mass is 9.85. The van der Waals surface area contributed by atoms with E-state index in [4.69, 9.17) is 31.0 Å². The van der Waals surface area contributed by atoms with Crippen molar-refractivity contribution in [2.75, 3.05) is 31.1 Å². The van der Waals surface area contributed by atoms with Crippen LogP contribution >= 0.6 is 11.6 Å². The van der Waals surface area contributed by atoms with Crippen LogP contribution < -0.4 is 10.2 Å². The molecule has 246 valence electrons. The van der Waals surface area contributed by atoms with Crippen LogP contribution in [-0.2, 0) is 21.6 Å². The van der Waals surface area contributed by atoms with E-state index in [-0.39, 0.29) is 37.7 Å². The molecule has 0 unspecified atom stereocenters. The second kappa shape index (κ2) is 12.7. The number of ether oxygens (including phenoxy) is 2. The van der Waals surface area contributed by atoms with Crippen molar-refractivity contribution in [3.05, 3.63) is 82.6 Å². The predicted octanol–water partition coefficient (Wildman–Crippen LogP) is 5.33. The Hall–Kier alpha value is -4.32. The maximum Gasteiger partial charge on any atom is 0.410 e. The summed E-state index contributed by atoms with van der Waals surface area (Å²) in [6.45, 7) is 11.2. The Morgan fingerprint density at radius 2 is 1.77 bits per heavy atom. The van der Waals surface area contributed by atoms with Gasteiger partial charge in [-0.1, -0.05) is 17.7 Å². The fourth-order valence-corrected chi connectivity index (χ4v) is 6.20. The maximum atomic E-state index is 13.2. The molecule has 3 aromatic heterocycles. The number of rotatable bonds is 6. The highest BCUT2D eigenvalue weighted by Gasteiger charge is 2.47. The van der Waals surface area contributed by atoms with E-state index in [2.05, 4.69) is 29.0 Å². The van der Waals surface area contributed by atoms with Gasteiger partial charge in [-0.2, -0.15) is 0 Å². The molecular formula is C35H39ClN6O5. The number of likely N-dealkylation sites (tertiary alicyclic amines) is 1. The Bertz CT molecular complexity index is 1810. The van der Waals surface area contributed by atoms with Crippen molar-refractivity contribution in [1.82, 2.24) is 25.2 Å². The number of carbonyl (C=O) groups is 2. The zero-order valence-corrected chi connectivity index (χ0v) is 27.9. The largest absolute Gasteiger partial charge is 0.444 e. The third kappa shape index (κ3) is 7.32. The van der Waals surface area contributed by atoms with E-state index in [0.717, 1.165) is 41.2 Å². The van der Waals surface area contributed by atoms with Crippen molar-refractivity contribution in [2.45, 2.75) is 64.6 Å². The minimum absolute atomic E-state index is 0.00808. The SMILES string of the molecule is C[C@@H]1CN(c2cccc(-c3ccc4cnc(CNC(=O)c5ccc(Cl)c(C6(O)CN(C(=O)OC(C)(C)C)C6)c5)cc4n3)n2)C[C@H](C)O1. The standard InChI is InChI=1S/C35H39ClN6O5/c1-21-17-41(18-22(2)46-21)31-8-6-7-28(40-31)29-12-10-24-15-37-25(14-30(24)39-29)16-38-32(43)23-9-11-27(36)26(13-23)35(45)19-42(20-35)33(44)47-34(3,4)5/h6-15,21-22,45H,16-20H2,1-5H3,(H,38,43)/t21-,22+. The third-order valence-electron chi connectivity index (χ3n) is 8.09. The molecule has 0 saturated carbocycles. The molecule has 12 heteroatoms. The molecule has 2 aliphatic rings. The number of amides is 2. The molecule has 6 rings (SSSR count). The molecule has 2 fully saturated rings. The molecular weight excluding hydrogens is 620 g/mol. The van der Waals surface area contributed by atoms with Gasteiger partial charge in [0, 0.05) is 40.8 Å². The van der Waals surface area contributed by atoms with E-state index in [0.29, 0.717) is 21.8 Å². The predicted molar refractivity (Wildman–Crippen MR) is 179 cm³/mol. The van der Waals surface area contributed by atoms with Gasteiger partial charge < -0.3 is 29.7 Å². The molecule has 0 radical (unpaired) electrons. The average molecular weight is 659 g/mol. The van der Waals surface area contributed by atoms with Gasteiger partial charge >= 0.3 is 6.09 Å². The molecule has 1 aromatic carbocycles. The van der Waals surface area contributed by atoms with E-state index in [1.807, 2.05) is 36.4 Å². The van der Waals surface area contributed by atoms with Crippen molar-refractivity contribution < 1.29 is 24.2 Å². The molecule has 4 aromatic rings. The minimum atomic E-state index is -1.39.